The first-order chi connectivity index (χ1) is 9.85. The lowest BCUT2D eigenvalue weighted by Gasteiger charge is -2.17. The molecule has 1 aromatic rings. The Hall–Kier alpha value is -1.41. The van der Waals surface area contributed by atoms with Crippen LogP contribution >= 0.6 is 0 Å². The van der Waals surface area contributed by atoms with Gasteiger partial charge >= 0.3 is 0 Å². The van der Waals surface area contributed by atoms with Crippen LogP contribution in [0.15, 0.2) is 6.33 Å². The average molecular weight is 315 g/mol. The minimum atomic E-state index is -3.41. The largest absolute Gasteiger partial charge is 0.370 e. The number of hydrogen-bond acceptors (Lipinski definition) is 6. The summed E-state index contributed by atoms with van der Waals surface area (Å²) in [6.07, 6.45) is 2.96. The third kappa shape index (κ3) is 6.26. The zero-order valence-corrected chi connectivity index (χ0v) is 13.7. The molecule has 0 radical (unpaired) electrons. The van der Waals surface area contributed by atoms with Crippen LogP contribution in [-0.2, 0) is 10.0 Å². The molecule has 4 N–H and O–H groups in total. The van der Waals surface area contributed by atoms with E-state index in [-0.39, 0.29) is 11.7 Å². The molecule has 0 aliphatic rings. The predicted molar refractivity (Wildman–Crippen MR) is 86.0 cm³/mol. The Bertz CT molecular complexity index is 545. The lowest BCUT2D eigenvalue weighted by Crippen LogP contribution is -2.19. The average Bonchev–Trinajstić information content (AvgIpc) is 2.40. The molecule has 0 spiro atoms. The Labute approximate surface area is 126 Å². The van der Waals surface area contributed by atoms with Crippen LogP contribution in [0.25, 0.3) is 0 Å². The van der Waals surface area contributed by atoms with Gasteiger partial charge in [-0.15, -0.1) is 0 Å². The van der Waals surface area contributed by atoms with Gasteiger partial charge in [-0.3, -0.25) is 0 Å². The first-order valence-electron chi connectivity index (χ1n) is 7.18. The third-order valence-electron chi connectivity index (χ3n) is 2.90. The van der Waals surface area contributed by atoms with E-state index in [2.05, 4.69) is 41.4 Å². The topological polar surface area (TPSA) is 110 Å². The first kappa shape index (κ1) is 17.6. The highest BCUT2D eigenvalue weighted by molar-refractivity contribution is 7.89. The lowest BCUT2D eigenvalue weighted by molar-refractivity contribution is 0.595. The van der Waals surface area contributed by atoms with Crippen LogP contribution in [0.5, 0.6) is 0 Å². The van der Waals surface area contributed by atoms with E-state index in [1.165, 1.54) is 6.33 Å². The fraction of sp³-hybridized carbons (Fsp3) is 0.692. The molecular formula is C13H25N5O2S. The van der Waals surface area contributed by atoms with Crippen molar-refractivity contribution in [2.75, 3.05) is 29.5 Å². The van der Waals surface area contributed by atoms with Crippen molar-refractivity contribution in [1.82, 2.24) is 9.97 Å². The molecule has 0 atom stereocenters. The summed E-state index contributed by atoms with van der Waals surface area (Å²) in [5, 5.41) is 11.4. The Kier molecular flexibility index (Phi) is 6.83. The Morgan fingerprint density at radius 3 is 2.24 bits per heavy atom. The van der Waals surface area contributed by atoms with Gasteiger partial charge in [0.25, 0.3) is 0 Å². The van der Waals surface area contributed by atoms with Crippen LogP contribution in [0.1, 0.15) is 45.1 Å². The Morgan fingerprint density at radius 2 is 1.76 bits per heavy atom. The van der Waals surface area contributed by atoms with Gasteiger partial charge in [-0.1, -0.05) is 20.8 Å². The molecule has 0 fully saturated rings. The monoisotopic (exact) mass is 315 g/mol. The summed E-state index contributed by atoms with van der Waals surface area (Å²) in [6.45, 7) is 7.59. The van der Waals surface area contributed by atoms with Crippen molar-refractivity contribution >= 4 is 21.7 Å². The summed E-state index contributed by atoms with van der Waals surface area (Å²) >= 11 is 0. The van der Waals surface area contributed by atoms with Crippen LogP contribution in [0.2, 0.25) is 0 Å². The van der Waals surface area contributed by atoms with E-state index in [0.717, 1.165) is 30.2 Å². The van der Waals surface area contributed by atoms with Crippen molar-refractivity contribution in [2.45, 2.75) is 39.5 Å². The third-order valence-corrected chi connectivity index (χ3v) is 3.76. The number of nitrogens with one attached hydrogen (secondary N) is 2. The van der Waals surface area contributed by atoms with Gasteiger partial charge in [0.15, 0.2) is 0 Å². The molecule has 0 bridgehead atoms. The molecule has 1 heterocycles. The molecule has 0 saturated heterocycles. The van der Waals surface area contributed by atoms with E-state index < -0.39 is 10.0 Å². The van der Waals surface area contributed by atoms with Gasteiger partial charge in [-0.25, -0.2) is 23.5 Å². The predicted octanol–water partition coefficient (Wildman–Crippen LogP) is 1.51. The zero-order valence-electron chi connectivity index (χ0n) is 12.9. The molecule has 0 aliphatic heterocycles. The minimum absolute atomic E-state index is 0.0387. The van der Waals surface area contributed by atoms with Gasteiger partial charge in [-0.2, -0.15) is 0 Å². The summed E-state index contributed by atoms with van der Waals surface area (Å²) in [4.78, 5) is 8.55. The SMILES string of the molecule is CCCNc1ncnc(NCCCS(N)(=O)=O)c1C(C)C. The smallest absolute Gasteiger partial charge is 0.209 e. The molecule has 0 aliphatic carbocycles. The van der Waals surface area contributed by atoms with Crippen LogP contribution in [0.4, 0.5) is 11.6 Å². The van der Waals surface area contributed by atoms with Crippen molar-refractivity contribution in [3.8, 4) is 0 Å². The number of rotatable bonds is 9. The summed E-state index contributed by atoms with van der Waals surface area (Å²) < 4.78 is 21.8. The fourth-order valence-corrected chi connectivity index (χ4v) is 2.49. The molecule has 8 heteroatoms. The van der Waals surface area contributed by atoms with Crippen LogP contribution in [0, 0.1) is 0 Å². The van der Waals surface area contributed by atoms with Gasteiger partial charge in [0.1, 0.15) is 18.0 Å². The van der Waals surface area contributed by atoms with Gasteiger partial charge < -0.3 is 10.6 Å². The van der Waals surface area contributed by atoms with Crippen LogP contribution in [-0.4, -0.2) is 37.2 Å². The molecule has 21 heavy (non-hydrogen) atoms. The van der Waals surface area contributed by atoms with Gasteiger partial charge in [0.2, 0.25) is 10.0 Å². The second-order valence-electron chi connectivity index (χ2n) is 5.21. The summed E-state index contributed by atoms with van der Waals surface area (Å²) in [7, 11) is -3.41. The van der Waals surface area contributed by atoms with Crippen molar-refractivity contribution in [3.63, 3.8) is 0 Å². The van der Waals surface area contributed by atoms with E-state index in [0.29, 0.717) is 13.0 Å². The van der Waals surface area contributed by atoms with Crippen molar-refractivity contribution in [3.05, 3.63) is 11.9 Å². The number of nitrogens with two attached hydrogens (primary N) is 1. The minimum Gasteiger partial charge on any atom is -0.370 e. The highest BCUT2D eigenvalue weighted by atomic mass is 32.2. The maximum Gasteiger partial charge on any atom is 0.209 e. The molecule has 120 valence electrons. The van der Waals surface area contributed by atoms with Gasteiger partial charge in [-0.05, 0) is 18.8 Å². The molecule has 1 rings (SSSR count). The molecule has 1 aromatic heterocycles. The number of primary sulfonamides is 1. The fourth-order valence-electron chi connectivity index (χ4n) is 1.95. The van der Waals surface area contributed by atoms with E-state index in [1.807, 2.05) is 0 Å². The Balaban J connectivity index is 2.76. The summed E-state index contributed by atoms with van der Waals surface area (Å²) in [5.74, 6) is 1.79. The summed E-state index contributed by atoms with van der Waals surface area (Å²) in [5.41, 5.74) is 1.02. The van der Waals surface area contributed by atoms with Gasteiger partial charge in [0.05, 0.1) is 5.75 Å². The standard InChI is InChI=1S/C13H25N5O2S/c1-4-6-15-12-11(10(2)3)13(18-9-17-12)16-7-5-8-21(14,19)20/h9-10H,4-8H2,1-3H3,(H2,14,19,20)(H2,15,16,17,18). The lowest BCUT2D eigenvalue weighted by atomic mass is 10.0. The van der Waals surface area contributed by atoms with Crippen molar-refractivity contribution in [2.24, 2.45) is 5.14 Å². The first-order valence-corrected chi connectivity index (χ1v) is 8.89. The number of sulfonamides is 1. The molecular weight excluding hydrogens is 290 g/mol. The number of hydrogen-bond donors (Lipinski definition) is 3. The highest BCUT2D eigenvalue weighted by Gasteiger charge is 2.14. The summed E-state index contributed by atoms with van der Waals surface area (Å²) in [6, 6.07) is 0. The van der Waals surface area contributed by atoms with E-state index >= 15 is 0 Å². The van der Waals surface area contributed by atoms with Crippen LogP contribution in [0.3, 0.4) is 0 Å². The second-order valence-corrected chi connectivity index (χ2v) is 6.95. The quantitative estimate of drug-likeness (QED) is 0.596. The van der Waals surface area contributed by atoms with Gasteiger partial charge in [0, 0.05) is 18.7 Å². The number of anilines is 2. The molecule has 0 aromatic carbocycles. The molecule has 0 amide bonds. The zero-order chi connectivity index (χ0) is 15.9. The maximum atomic E-state index is 10.9. The molecule has 0 unspecified atom stereocenters. The van der Waals surface area contributed by atoms with Crippen molar-refractivity contribution in [1.29, 1.82) is 0 Å². The highest BCUT2D eigenvalue weighted by Crippen LogP contribution is 2.28. The molecule has 0 saturated carbocycles. The van der Waals surface area contributed by atoms with Crippen molar-refractivity contribution < 1.29 is 8.42 Å². The number of nitrogens with zero attached hydrogens (tertiary/aromatic N) is 2. The normalized spacial score (nSPS) is 11.7. The van der Waals surface area contributed by atoms with E-state index in [9.17, 15) is 8.42 Å². The van der Waals surface area contributed by atoms with Crippen LogP contribution < -0.4 is 15.8 Å². The molecule has 7 nitrogen and oxygen atoms in total. The maximum absolute atomic E-state index is 10.9. The second kappa shape index (κ2) is 8.14. The number of aromatic nitrogens is 2. The van der Waals surface area contributed by atoms with E-state index in [1.54, 1.807) is 0 Å². The Morgan fingerprint density at radius 1 is 1.19 bits per heavy atom. The van der Waals surface area contributed by atoms with E-state index in [4.69, 9.17) is 5.14 Å².